The Morgan fingerprint density at radius 2 is 1.78 bits per heavy atom. The third-order valence-electron chi connectivity index (χ3n) is 4.63. The van der Waals surface area contributed by atoms with Crippen LogP contribution in [-0.2, 0) is 10.2 Å². The highest BCUT2D eigenvalue weighted by Gasteiger charge is 2.57. The first kappa shape index (κ1) is 14.3. The Bertz CT molecular complexity index is 419. The molecular formula is C13H26N2O2S. The van der Waals surface area contributed by atoms with Gasteiger partial charge < -0.3 is 0 Å². The van der Waals surface area contributed by atoms with Crippen molar-refractivity contribution in [1.82, 2.24) is 8.61 Å². The molecule has 0 amide bonds. The van der Waals surface area contributed by atoms with E-state index in [-0.39, 0.29) is 11.0 Å². The molecule has 1 atom stereocenters. The van der Waals surface area contributed by atoms with Gasteiger partial charge in [-0.15, -0.1) is 0 Å². The lowest BCUT2D eigenvalue weighted by atomic mass is 9.73. The van der Waals surface area contributed by atoms with Gasteiger partial charge in [0.05, 0.1) is 0 Å². The smallest absolute Gasteiger partial charge is 0.195 e. The summed E-state index contributed by atoms with van der Waals surface area (Å²) in [5.41, 5.74) is 0.225. The zero-order chi connectivity index (χ0) is 13.8. The Morgan fingerprint density at radius 3 is 2.17 bits per heavy atom. The Kier molecular flexibility index (Phi) is 3.32. The summed E-state index contributed by atoms with van der Waals surface area (Å²) in [5.74, 6) is 0.633. The van der Waals surface area contributed by atoms with Crippen molar-refractivity contribution in [1.29, 1.82) is 0 Å². The molecule has 106 valence electrons. The molecule has 0 aromatic carbocycles. The van der Waals surface area contributed by atoms with Gasteiger partial charge in [0.25, 0.3) is 10.2 Å². The highest BCUT2D eigenvalue weighted by atomic mass is 32.2. The minimum atomic E-state index is -3.25. The third-order valence-corrected chi connectivity index (χ3v) is 6.68. The summed E-state index contributed by atoms with van der Waals surface area (Å²) < 4.78 is 27.8. The topological polar surface area (TPSA) is 40.6 Å². The maximum atomic E-state index is 12.3. The van der Waals surface area contributed by atoms with E-state index in [0.29, 0.717) is 12.5 Å². The van der Waals surface area contributed by atoms with Crippen LogP contribution < -0.4 is 0 Å². The van der Waals surface area contributed by atoms with Gasteiger partial charge in [-0.3, -0.25) is 0 Å². The molecule has 0 N–H and O–H groups in total. The molecule has 1 saturated carbocycles. The minimum absolute atomic E-state index is 0.0563. The Hall–Kier alpha value is -0.130. The third kappa shape index (κ3) is 2.32. The molecule has 1 unspecified atom stereocenters. The van der Waals surface area contributed by atoms with Crippen molar-refractivity contribution < 1.29 is 8.42 Å². The Balaban J connectivity index is 2.20. The summed E-state index contributed by atoms with van der Waals surface area (Å²) in [6.45, 7) is 7.49. The normalized spacial score (nSPS) is 28.9. The summed E-state index contributed by atoms with van der Waals surface area (Å²) >= 11 is 0. The number of hydrogen-bond donors (Lipinski definition) is 0. The van der Waals surface area contributed by atoms with E-state index in [2.05, 4.69) is 20.8 Å². The first-order valence-electron chi connectivity index (χ1n) is 6.80. The van der Waals surface area contributed by atoms with E-state index in [1.54, 1.807) is 18.4 Å². The monoisotopic (exact) mass is 274 g/mol. The van der Waals surface area contributed by atoms with Crippen LogP contribution in [0.4, 0.5) is 0 Å². The van der Waals surface area contributed by atoms with Gasteiger partial charge >= 0.3 is 0 Å². The Labute approximate surface area is 112 Å². The SMILES string of the molecule is CN(C)S(=O)(=O)N1CCC(C(C)(C)C)CC12CC2. The van der Waals surface area contributed by atoms with Gasteiger partial charge in [0.15, 0.2) is 0 Å². The molecule has 2 aliphatic rings. The molecule has 1 aliphatic carbocycles. The quantitative estimate of drug-likeness (QED) is 0.773. The van der Waals surface area contributed by atoms with Crippen molar-refractivity contribution in [2.75, 3.05) is 20.6 Å². The van der Waals surface area contributed by atoms with Gasteiger partial charge in [0.2, 0.25) is 0 Å². The van der Waals surface area contributed by atoms with Crippen LogP contribution in [0, 0.1) is 11.3 Å². The molecule has 0 radical (unpaired) electrons. The van der Waals surface area contributed by atoms with Crippen LogP contribution in [0.1, 0.15) is 46.5 Å². The summed E-state index contributed by atoms with van der Waals surface area (Å²) in [6.07, 6.45) is 4.08. The summed E-state index contributed by atoms with van der Waals surface area (Å²) in [7, 11) is 0.00516. The second-order valence-corrected chi connectivity index (χ2v) is 9.21. The van der Waals surface area contributed by atoms with Crippen LogP contribution in [-0.4, -0.2) is 43.2 Å². The largest absolute Gasteiger partial charge is 0.281 e. The lowest BCUT2D eigenvalue weighted by molar-refractivity contribution is 0.0973. The average molecular weight is 274 g/mol. The Morgan fingerprint density at radius 1 is 1.22 bits per heavy atom. The maximum absolute atomic E-state index is 12.3. The predicted molar refractivity (Wildman–Crippen MR) is 73.5 cm³/mol. The van der Waals surface area contributed by atoms with Crippen LogP contribution in [0.5, 0.6) is 0 Å². The van der Waals surface area contributed by atoms with Crippen LogP contribution in [0.25, 0.3) is 0 Å². The first-order valence-corrected chi connectivity index (χ1v) is 8.20. The van der Waals surface area contributed by atoms with Crippen molar-refractivity contribution in [3.63, 3.8) is 0 Å². The minimum Gasteiger partial charge on any atom is -0.195 e. The zero-order valence-corrected chi connectivity index (χ0v) is 13.0. The standard InChI is InChI=1S/C13H26N2O2S/c1-12(2,3)11-6-9-15(13(10-11)7-8-13)18(16,17)14(4)5/h11H,6-10H2,1-5H3. The zero-order valence-electron chi connectivity index (χ0n) is 12.2. The van der Waals surface area contributed by atoms with Crippen molar-refractivity contribution >= 4 is 10.2 Å². The molecule has 1 aliphatic heterocycles. The van der Waals surface area contributed by atoms with Crippen LogP contribution in [0.15, 0.2) is 0 Å². The van der Waals surface area contributed by atoms with Gasteiger partial charge in [-0.05, 0) is 37.0 Å². The van der Waals surface area contributed by atoms with Crippen LogP contribution in [0.3, 0.4) is 0 Å². The lowest BCUT2D eigenvalue weighted by Crippen LogP contribution is -2.53. The molecule has 18 heavy (non-hydrogen) atoms. The molecule has 2 rings (SSSR count). The molecule has 4 nitrogen and oxygen atoms in total. The first-order chi connectivity index (χ1) is 8.09. The average Bonchev–Trinajstić information content (AvgIpc) is 2.96. The van der Waals surface area contributed by atoms with E-state index in [1.807, 2.05) is 0 Å². The van der Waals surface area contributed by atoms with Gasteiger partial charge in [0, 0.05) is 26.2 Å². The molecule has 1 heterocycles. The number of hydrogen-bond acceptors (Lipinski definition) is 2. The van der Waals surface area contributed by atoms with Crippen molar-refractivity contribution in [2.45, 2.75) is 52.0 Å². The second-order valence-electron chi connectivity index (χ2n) is 7.14. The molecule has 1 saturated heterocycles. The van der Waals surface area contributed by atoms with Crippen LogP contribution >= 0.6 is 0 Å². The fourth-order valence-corrected chi connectivity index (χ4v) is 4.54. The highest BCUT2D eigenvalue weighted by Crippen LogP contribution is 2.54. The highest BCUT2D eigenvalue weighted by molar-refractivity contribution is 7.86. The van der Waals surface area contributed by atoms with E-state index in [9.17, 15) is 8.42 Å². The van der Waals surface area contributed by atoms with E-state index in [0.717, 1.165) is 25.7 Å². The summed E-state index contributed by atoms with van der Waals surface area (Å²) in [6, 6.07) is 0. The summed E-state index contributed by atoms with van der Waals surface area (Å²) in [5, 5.41) is 0. The number of rotatable bonds is 2. The van der Waals surface area contributed by atoms with Crippen molar-refractivity contribution in [3.05, 3.63) is 0 Å². The molecule has 2 fully saturated rings. The maximum Gasteiger partial charge on any atom is 0.281 e. The molecule has 1 spiro atoms. The summed E-state index contributed by atoms with van der Waals surface area (Å²) in [4.78, 5) is 0. The fourth-order valence-electron chi connectivity index (χ4n) is 3.07. The second kappa shape index (κ2) is 4.18. The van der Waals surface area contributed by atoms with Crippen molar-refractivity contribution in [3.8, 4) is 0 Å². The van der Waals surface area contributed by atoms with Gasteiger partial charge in [-0.2, -0.15) is 17.0 Å². The number of nitrogens with zero attached hydrogens (tertiary/aromatic N) is 2. The number of piperidine rings is 1. The van der Waals surface area contributed by atoms with E-state index < -0.39 is 10.2 Å². The lowest BCUT2D eigenvalue weighted by Gasteiger charge is -2.44. The van der Waals surface area contributed by atoms with Gasteiger partial charge in [-0.1, -0.05) is 20.8 Å². The van der Waals surface area contributed by atoms with Crippen LogP contribution in [0.2, 0.25) is 0 Å². The molecule has 0 bridgehead atoms. The fraction of sp³-hybridized carbons (Fsp3) is 1.00. The van der Waals surface area contributed by atoms with Gasteiger partial charge in [-0.25, -0.2) is 0 Å². The molecular weight excluding hydrogens is 248 g/mol. The van der Waals surface area contributed by atoms with E-state index >= 15 is 0 Å². The molecule has 0 aromatic rings. The van der Waals surface area contributed by atoms with Crippen molar-refractivity contribution in [2.24, 2.45) is 11.3 Å². The van der Waals surface area contributed by atoms with E-state index in [4.69, 9.17) is 0 Å². The molecule has 0 aromatic heterocycles. The predicted octanol–water partition coefficient (Wildman–Crippen LogP) is 2.08. The molecule has 5 heteroatoms. The van der Waals surface area contributed by atoms with Gasteiger partial charge in [0.1, 0.15) is 0 Å². The van der Waals surface area contributed by atoms with E-state index in [1.165, 1.54) is 4.31 Å².